The monoisotopic (exact) mass is 418 g/mol. The Hall–Kier alpha value is -3.02. The lowest BCUT2D eigenvalue weighted by Gasteiger charge is -2.24. The Labute approximate surface area is 176 Å². The van der Waals surface area contributed by atoms with Crippen LogP contribution in [0.25, 0.3) is 21.3 Å². The first kappa shape index (κ1) is 18.0. The van der Waals surface area contributed by atoms with Crippen molar-refractivity contribution in [2.24, 2.45) is 0 Å². The molecule has 0 N–H and O–H groups in total. The van der Waals surface area contributed by atoms with Gasteiger partial charge in [-0.05, 0) is 30.7 Å². The standard InChI is InChI=1S/C23H15ClN2O2S/c1-13(26-22(27)15-9-5-6-10-16(15)23(26)28)20-17(14-7-3-2-4-8-14)11-18-19(24)12-29-21(18)25-20/h2-13H,1H3. The number of hydrogen-bond donors (Lipinski definition) is 0. The molecule has 2 amide bonds. The number of rotatable bonds is 3. The van der Waals surface area contributed by atoms with Crippen molar-refractivity contribution >= 4 is 45.0 Å². The van der Waals surface area contributed by atoms with E-state index in [0.717, 1.165) is 21.3 Å². The molecule has 6 heteroatoms. The highest BCUT2D eigenvalue weighted by Gasteiger charge is 2.39. The lowest BCUT2D eigenvalue weighted by molar-refractivity contribution is 0.0593. The van der Waals surface area contributed by atoms with Crippen molar-refractivity contribution in [1.29, 1.82) is 0 Å². The number of carbonyl (C=O) groups is 2. The zero-order chi connectivity index (χ0) is 20.1. The summed E-state index contributed by atoms with van der Waals surface area (Å²) < 4.78 is 0. The molecule has 2 aromatic heterocycles. The van der Waals surface area contributed by atoms with Gasteiger partial charge in [0.25, 0.3) is 11.8 Å². The predicted octanol–water partition coefficient (Wildman–Crippen LogP) is 5.97. The Bertz CT molecular complexity index is 1250. The third-order valence-corrected chi connectivity index (χ3v) is 6.57. The van der Waals surface area contributed by atoms with E-state index in [2.05, 4.69) is 0 Å². The van der Waals surface area contributed by atoms with Crippen LogP contribution in [0, 0.1) is 0 Å². The van der Waals surface area contributed by atoms with Crippen LogP contribution >= 0.6 is 22.9 Å². The van der Waals surface area contributed by atoms with E-state index in [1.54, 1.807) is 24.3 Å². The molecule has 0 saturated carbocycles. The number of amides is 2. The van der Waals surface area contributed by atoms with E-state index in [0.29, 0.717) is 21.8 Å². The quantitative estimate of drug-likeness (QED) is 0.385. The van der Waals surface area contributed by atoms with Crippen LogP contribution < -0.4 is 0 Å². The Morgan fingerprint density at radius 3 is 2.21 bits per heavy atom. The Morgan fingerprint density at radius 2 is 1.55 bits per heavy atom. The molecule has 1 unspecified atom stereocenters. The Morgan fingerprint density at radius 1 is 0.931 bits per heavy atom. The van der Waals surface area contributed by atoms with Gasteiger partial charge in [0.2, 0.25) is 0 Å². The molecule has 2 aromatic carbocycles. The molecule has 4 nitrogen and oxygen atoms in total. The second-order valence-corrected chi connectivity index (χ2v) is 8.19. The van der Waals surface area contributed by atoms with Gasteiger partial charge in [-0.3, -0.25) is 14.5 Å². The fourth-order valence-electron chi connectivity index (χ4n) is 3.79. The third kappa shape index (κ3) is 2.77. The summed E-state index contributed by atoms with van der Waals surface area (Å²) in [5.41, 5.74) is 3.37. The van der Waals surface area contributed by atoms with Gasteiger partial charge in [0.1, 0.15) is 4.83 Å². The van der Waals surface area contributed by atoms with Crippen LogP contribution in [0.15, 0.2) is 66.0 Å². The van der Waals surface area contributed by atoms with Crippen molar-refractivity contribution in [3.05, 3.63) is 87.9 Å². The molecule has 1 atom stereocenters. The number of thiophene rings is 1. The van der Waals surface area contributed by atoms with Gasteiger partial charge in [-0.25, -0.2) is 4.98 Å². The normalized spacial score (nSPS) is 14.5. The Balaban J connectivity index is 1.69. The maximum atomic E-state index is 13.0. The number of carbonyl (C=O) groups excluding carboxylic acids is 2. The van der Waals surface area contributed by atoms with Crippen LogP contribution in [-0.2, 0) is 0 Å². The van der Waals surface area contributed by atoms with Crippen LogP contribution in [0.5, 0.6) is 0 Å². The third-order valence-electron chi connectivity index (χ3n) is 5.24. The fraction of sp³-hybridized carbons (Fsp3) is 0.0870. The molecule has 0 fully saturated rings. The van der Waals surface area contributed by atoms with E-state index in [4.69, 9.17) is 16.6 Å². The van der Waals surface area contributed by atoms with E-state index in [9.17, 15) is 9.59 Å². The van der Waals surface area contributed by atoms with Crippen molar-refractivity contribution in [3.8, 4) is 11.1 Å². The molecule has 29 heavy (non-hydrogen) atoms. The summed E-state index contributed by atoms with van der Waals surface area (Å²) in [4.78, 5) is 32.9. The lowest BCUT2D eigenvalue weighted by Crippen LogP contribution is -2.33. The molecule has 1 aliphatic rings. The van der Waals surface area contributed by atoms with Gasteiger partial charge in [0.05, 0.1) is 27.9 Å². The minimum absolute atomic E-state index is 0.289. The smallest absolute Gasteiger partial charge is 0.262 e. The molecule has 4 aromatic rings. The molecule has 0 saturated heterocycles. The highest BCUT2D eigenvalue weighted by atomic mass is 35.5. The summed E-state index contributed by atoms with van der Waals surface area (Å²) in [5, 5.41) is 3.37. The second-order valence-electron chi connectivity index (χ2n) is 6.93. The van der Waals surface area contributed by atoms with E-state index < -0.39 is 6.04 Å². The molecule has 0 radical (unpaired) electrons. The SMILES string of the molecule is CC(c1nc2scc(Cl)c2cc1-c1ccccc1)N1C(=O)c2ccccc2C1=O. The average molecular weight is 419 g/mol. The maximum absolute atomic E-state index is 13.0. The largest absolute Gasteiger partial charge is 0.269 e. The van der Waals surface area contributed by atoms with Gasteiger partial charge in [-0.15, -0.1) is 11.3 Å². The lowest BCUT2D eigenvalue weighted by atomic mass is 9.99. The summed E-state index contributed by atoms with van der Waals surface area (Å²) in [6.07, 6.45) is 0. The van der Waals surface area contributed by atoms with Gasteiger partial charge < -0.3 is 0 Å². The molecular weight excluding hydrogens is 404 g/mol. The van der Waals surface area contributed by atoms with Gasteiger partial charge >= 0.3 is 0 Å². The van der Waals surface area contributed by atoms with Gasteiger partial charge in [-0.2, -0.15) is 0 Å². The maximum Gasteiger partial charge on any atom is 0.262 e. The van der Waals surface area contributed by atoms with Gasteiger partial charge in [-0.1, -0.05) is 54.1 Å². The molecule has 142 valence electrons. The highest BCUT2D eigenvalue weighted by Crippen LogP contribution is 2.39. The summed E-state index contributed by atoms with van der Waals surface area (Å²) >= 11 is 7.80. The van der Waals surface area contributed by atoms with Crippen LogP contribution in [-0.4, -0.2) is 21.7 Å². The van der Waals surface area contributed by atoms with Crippen molar-refractivity contribution in [1.82, 2.24) is 9.88 Å². The zero-order valence-electron chi connectivity index (χ0n) is 15.4. The van der Waals surface area contributed by atoms with Gasteiger partial charge in [0.15, 0.2) is 0 Å². The van der Waals surface area contributed by atoms with Crippen molar-refractivity contribution in [2.45, 2.75) is 13.0 Å². The summed E-state index contributed by atoms with van der Waals surface area (Å²) in [6.45, 7) is 1.84. The van der Waals surface area contributed by atoms with E-state index in [-0.39, 0.29) is 11.8 Å². The van der Waals surface area contributed by atoms with Crippen molar-refractivity contribution in [3.63, 3.8) is 0 Å². The van der Waals surface area contributed by atoms with Crippen LogP contribution in [0.4, 0.5) is 0 Å². The topological polar surface area (TPSA) is 50.3 Å². The number of hydrogen-bond acceptors (Lipinski definition) is 4. The first-order chi connectivity index (χ1) is 14.1. The number of pyridine rings is 1. The number of imide groups is 1. The van der Waals surface area contributed by atoms with Gasteiger partial charge in [0, 0.05) is 16.3 Å². The first-order valence-electron chi connectivity index (χ1n) is 9.16. The molecule has 0 spiro atoms. The molecule has 3 heterocycles. The van der Waals surface area contributed by atoms with Crippen molar-refractivity contribution < 1.29 is 9.59 Å². The number of nitrogens with zero attached hydrogens (tertiary/aromatic N) is 2. The number of halogens is 1. The first-order valence-corrected chi connectivity index (χ1v) is 10.4. The van der Waals surface area contributed by atoms with Crippen LogP contribution in [0.2, 0.25) is 5.02 Å². The zero-order valence-corrected chi connectivity index (χ0v) is 17.0. The van der Waals surface area contributed by atoms with Crippen LogP contribution in [0.1, 0.15) is 39.4 Å². The number of fused-ring (bicyclic) bond motifs is 2. The number of benzene rings is 2. The highest BCUT2D eigenvalue weighted by molar-refractivity contribution is 7.17. The minimum Gasteiger partial charge on any atom is -0.269 e. The molecule has 1 aliphatic heterocycles. The summed E-state index contributed by atoms with van der Waals surface area (Å²) in [7, 11) is 0. The van der Waals surface area contributed by atoms with Crippen LogP contribution in [0.3, 0.4) is 0 Å². The second kappa shape index (κ2) is 6.79. The van der Waals surface area contributed by atoms with E-state index in [1.165, 1.54) is 16.2 Å². The van der Waals surface area contributed by atoms with E-state index >= 15 is 0 Å². The fourth-order valence-corrected chi connectivity index (χ4v) is 4.91. The predicted molar refractivity (Wildman–Crippen MR) is 115 cm³/mol. The Kier molecular flexibility index (Phi) is 4.23. The van der Waals surface area contributed by atoms with Crippen molar-refractivity contribution in [2.75, 3.05) is 0 Å². The summed E-state index contributed by atoms with van der Waals surface area (Å²) in [6, 6.07) is 18.2. The number of aromatic nitrogens is 1. The molecule has 5 rings (SSSR count). The molecular formula is C23H15ClN2O2S. The summed E-state index contributed by atoms with van der Waals surface area (Å²) in [5.74, 6) is -0.577. The molecule has 0 bridgehead atoms. The minimum atomic E-state index is -0.525. The molecule has 0 aliphatic carbocycles. The van der Waals surface area contributed by atoms with E-state index in [1.807, 2.05) is 48.7 Å². The average Bonchev–Trinajstić information content (AvgIpc) is 3.24.